The van der Waals surface area contributed by atoms with E-state index in [1.165, 1.54) is 5.01 Å². The predicted molar refractivity (Wildman–Crippen MR) is 108 cm³/mol. The van der Waals surface area contributed by atoms with Crippen LogP contribution in [0.5, 0.6) is 17.2 Å². The van der Waals surface area contributed by atoms with Gasteiger partial charge in [-0.25, -0.2) is 5.01 Å². The quantitative estimate of drug-likeness (QED) is 0.797. The molecule has 0 aromatic heterocycles. The van der Waals surface area contributed by atoms with Crippen LogP contribution in [0, 0.1) is 0 Å². The molecule has 0 atom stereocenters. The zero-order valence-electron chi connectivity index (χ0n) is 17.4. The third-order valence-electron chi connectivity index (χ3n) is 4.66. The molecular weight excluding hydrogens is 372 g/mol. The molecule has 0 radical (unpaired) electrons. The molecule has 1 heterocycles. The number of rotatable bonds is 4. The van der Waals surface area contributed by atoms with E-state index in [4.69, 9.17) is 14.2 Å². The summed E-state index contributed by atoms with van der Waals surface area (Å²) in [6.07, 6.45) is 0.623. The Bertz CT molecular complexity index is 933. The van der Waals surface area contributed by atoms with Gasteiger partial charge in [-0.05, 0) is 57.5 Å². The lowest BCUT2D eigenvalue weighted by Crippen LogP contribution is -2.56. The second kappa shape index (κ2) is 8.03. The van der Waals surface area contributed by atoms with Gasteiger partial charge < -0.3 is 14.2 Å². The molecule has 7 heteroatoms. The molecule has 2 amide bonds. The van der Waals surface area contributed by atoms with Gasteiger partial charge in [0.2, 0.25) is 6.79 Å². The minimum atomic E-state index is -0.658. The molecule has 0 saturated heterocycles. The molecule has 154 valence electrons. The highest BCUT2D eigenvalue weighted by Crippen LogP contribution is 2.33. The van der Waals surface area contributed by atoms with Crippen LogP contribution in [0.25, 0.3) is 0 Å². The molecule has 0 spiro atoms. The Balaban J connectivity index is 1.91. The van der Waals surface area contributed by atoms with Crippen molar-refractivity contribution < 1.29 is 23.8 Å². The number of fused-ring (bicyclic) bond motifs is 1. The smallest absolute Gasteiger partial charge is 0.272 e. The summed E-state index contributed by atoms with van der Waals surface area (Å²) < 4.78 is 16.0. The van der Waals surface area contributed by atoms with Crippen LogP contribution in [0.4, 0.5) is 0 Å². The van der Waals surface area contributed by atoms with Crippen molar-refractivity contribution in [2.75, 3.05) is 13.9 Å². The van der Waals surface area contributed by atoms with Crippen molar-refractivity contribution in [1.29, 1.82) is 0 Å². The zero-order valence-corrected chi connectivity index (χ0v) is 17.4. The topological polar surface area (TPSA) is 77.1 Å². The summed E-state index contributed by atoms with van der Waals surface area (Å²) in [6.45, 7) is 7.63. The molecule has 7 nitrogen and oxygen atoms in total. The van der Waals surface area contributed by atoms with Gasteiger partial charge in [0, 0.05) is 16.7 Å². The minimum absolute atomic E-state index is 0.127. The standard InChI is InChI=1S/C22H26N2O5/c1-6-15-16(8-7-9-17(15)27-5)20(25)23-24(22(2,3)4)21(26)14-10-11-18-19(12-14)29-13-28-18/h7-12H,6,13H2,1-5H3,(H,23,25). The summed E-state index contributed by atoms with van der Waals surface area (Å²) in [4.78, 5) is 26.3. The van der Waals surface area contributed by atoms with E-state index >= 15 is 0 Å². The van der Waals surface area contributed by atoms with Crippen molar-refractivity contribution in [3.63, 3.8) is 0 Å². The van der Waals surface area contributed by atoms with Crippen molar-refractivity contribution in [3.05, 3.63) is 53.1 Å². The first-order chi connectivity index (χ1) is 13.8. The summed E-state index contributed by atoms with van der Waals surface area (Å²) in [5.74, 6) is 1.04. The summed E-state index contributed by atoms with van der Waals surface area (Å²) in [5, 5.41) is 1.34. The van der Waals surface area contributed by atoms with E-state index in [0.29, 0.717) is 34.8 Å². The van der Waals surface area contributed by atoms with E-state index in [2.05, 4.69) is 5.43 Å². The SMILES string of the molecule is CCc1c(OC)cccc1C(=O)NN(C(=O)c1ccc2c(c1)OCO2)C(C)(C)C. The lowest BCUT2D eigenvalue weighted by atomic mass is 10.0. The Labute approximate surface area is 170 Å². The molecule has 1 N–H and O–H groups in total. The Morgan fingerprint density at radius 1 is 1.14 bits per heavy atom. The van der Waals surface area contributed by atoms with Crippen LogP contribution >= 0.6 is 0 Å². The van der Waals surface area contributed by atoms with Gasteiger partial charge in [-0.2, -0.15) is 0 Å². The first kappa shape index (κ1) is 20.5. The lowest BCUT2D eigenvalue weighted by molar-refractivity contribution is 0.0358. The molecule has 3 rings (SSSR count). The van der Waals surface area contributed by atoms with Crippen LogP contribution in [0.2, 0.25) is 0 Å². The molecule has 1 aliphatic rings. The van der Waals surface area contributed by atoms with E-state index in [1.54, 1.807) is 37.4 Å². The maximum absolute atomic E-state index is 13.2. The maximum Gasteiger partial charge on any atom is 0.272 e. The highest BCUT2D eigenvalue weighted by molar-refractivity contribution is 6.00. The van der Waals surface area contributed by atoms with E-state index in [0.717, 1.165) is 5.56 Å². The van der Waals surface area contributed by atoms with Gasteiger partial charge >= 0.3 is 0 Å². The van der Waals surface area contributed by atoms with Crippen LogP contribution in [-0.2, 0) is 6.42 Å². The lowest BCUT2D eigenvalue weighted by Gasteiger charge is -2.35. The van der Waals surface area contributed by atoms with E-state index in [9.17, 15) is 9.59 Å². The Morgan fingerprint density at radius 3 is 2.52 bits per heavy atom. The van der Waals surface area contributed by atoms with E-state index in [-0.39, 0.29) is 18.6 Å². The predicted octanol–water partition coefficient (Wildman–Crippen LogP) is 3.57. The molecule has 0 aliphatic carbocycles. The van der Waals surface area contributed by atoms with E-state index < -0.39 is 5.54 Å². The average molecular weight is 398 g/mol. The molecule has 0 fully saturated rings. The van der Waals surface area contributed by atoms with Crippen molar-refractivity contribution in [2.45, 2.75) is 39.7 Å². The number of carbonyl (C=O) groups excluding carboxylic acids is 2. The first-order valence-corrected chi connectivity index (χ1v) is 9.47. The molecule has 0 bridgehead atoms. The van der Waals surface area contributed by atoms with Crippen molar-refractivity contribution in [2.24, 2.45) is 0 Å². The van der Waals surface area contributed by atoms with Gasteiger partial charge in [-0.15, -0.1) is 0 Å². The molecule has 0 saturated carbocycles. The molecule has 29 heavy (non-hydrogen) atoms. The highest BCUT2D eigenvalue weighted by Gasteiger charge is 2.31. The first-order valence-electron chi connectivity index (χ1n) is 9.47. The number of benzene rings is 2. The number of nitrogens with one attached hydrogen (secondary N) is 1. The number of amides is 2. The zero-order chi connectivity index (χ0) is 21.2. The number of ether oxygens (including phenoxy) is 3. The fraction of sp³-hybridized carbons (Fsp3) is 0.364. The number of nitrogens with zero attached hydrogens (tertiary/aromatic N) is 1. The minimum Gasteiger partial charge on any atom is -0.496 e. The number of hydrogen-bond donors (Lipinski definition) is 1. The molecule has 0 unspecified atom stereocenters. The summed E-state index contributed by atoms with van der Waals surface area (Å²) >= 11 is 0. The largest absolute Gasteiger partial charge is 0.496 e. The third kappa shape index (κ3) is 4.13. The summed E-state index contributed by atoms with van der Waals surface area (Å²) in [6, 6.07) is 10.3. The third-order valence-corrected chi connectivity index (χ3v) is 4.66. The summed E-state index contributed by atoms with van der Waals surface area (Å²) in [7, 11) is 1.57. The van der Waals surface area contributed by atoms with Crippen molar-refractivity contribution in [1.82, 2.24) is 10.4 Å². The second-order valence-corrected chi connectivity index (χ2v) is 7.66. The Kier molecular flexibility index (Phi) is 5.68. The summed E-state index contributed by atoms with van der Waals surface area (Å²) in [5.41, 5.74) is 3.78. The normalized spacial score (nSPS) is 12.4. The fourth-order valence-corrected chi connectivity index (χ4v) is 3.18. The van der Waals surface area contributed by atoms with Crippen molar-refractivity contribution >= 4 is 11.8 Å². The number of methoxy groups -OCH3 is 1. The van der Waals surface area contributed by atoms with Crippen LogP contribution in [-0.4, -0.2) is 36.3 Å². The van der Waals surface area contributed by atoms with Gasteiger partial charge in [0.15, 0.2) is 11.5 Å². The molecular formula is C22H26N2O5. The van der Waals surface area contributed by atoms with Crippen molar-refractivity contribution in [3.8, 4) is 17.2 Å². The monoisotopic (exact) mass is 398 g/mol. The van der Waals surface area contributed by atoms with Gasteiger partial charge in [-0.3, -0.25) is 15.0 Å². The molecule has 1 aliphatic heterocycles. The average Bonchev–Trinajstić information content (AvgIpc) is 3.17. The molecule has 2 aromatic carbocycles. The Hall–Kier alpha value is -3.22. The van der Waals surface area contributed by atoms with Gasteiger partial charge in [-0.1, -0.05) is 13.0 Å². The molecule has 2 aromatic rings. The highest BCUT2D eigenvalue weighted by atomic mass is 16.7. The fourth-order valence-electron chi connectivity index (χ4n) is 3.18. The van der Waals surface area contributed by atoms with Crippen LogP contribution < -0.4 is 19.6 Å². The number of carbonyl (C=O) groups is 2. The van der Waals surface area contributed by atoms with Gasteiger partial charge in [0.1, 0.15) is 5.75 Å². The Morgan fingerprint density at radius 2 is 1.86 bits per heavy atom. The van der Waals surface area contributed by atoms with Crippen LogP contribution in [0.3, 0.4) is 0 Å². The van der Waals surface area contributed by atoms with Gasteiger partial charge in [0.25, 0.3) is 11.8 Å². The van der Waals surface area contributed by atoms with E-state index in [1.807, 2.05) is 33.8 Å². The van der Waals surface area contributed by atoms with Gasteiger partial charge in [0.05, 0.1) is 12.6 Å². The maximum atomic E-state index is 13.2. The number of hydrazine groups is 1. The van der Waals surface area contributed by atoms with Crippen LogP contribution in [0.1, 0.15) is 54.0 Å². The second-order valence-electron chi connectivity index (χ2n) is 7.66. The van der Waals surface area contributed by atoms with Crippen LogP contribution in [0.15, 0.2) is 36.4 Å². The number of hydrogen-bond acceptors (Lipinski definition) is 5.